The van der Waals surface area contributed by atoms with Crippen LogP contribution < -0.4 is 20.5 Å². The Labute approximate surface area is 237 Å². The fourth-order valence-corrected chi connectivity index (χ4v) is 6.67. The van der Waals surface area contributed by atoms with Gasteiger partial charge in [0.15, 0.2) is 5.69 Å². The third-order valence-corrected chi connectivity index (χ3v) is 9.15. The fraction of sp³-hybridized carbons (Fsp3) is 0.370. The summed E-state index contributed by atoms with van der Waals surface area (Å²) in [4.78, 5) is 40.1. The van der Waals surface area contributed by atoms with E-state index in [1.807, 2.05) is 43.3 Å². The van der Waals surface area contributed by atoms with Gasteiger partial charge in [-0.25, -0.2) is 4.79 Å². The predicted molar refractivity (Wildman–Crippen MR) is 145 cm³/mol. The molecule has 1 aliphatic carbocycles. The Balaban J connectivity index is 1.79. The number of halogens is 4. The summed E-state index contributed by atoms with van der Waals surface area (Å²) in [6.45, 7) is 2.40. The van der Waals surface area contributed by atoms with Crippen molar-refractivity contribution in [3.8, 4) is 5.75 Å². The normalized spacial score (nSPS) is 23.2. The van der Waals surface area contributed by atoms with Crippen LogP contribution in [0.25, 0.3) is 0 Å². The van der Waals surface area contributed by atoms with Gasteiger partial charge in [0.2, 0.25) is 11.2 Å². The van der Waals surface area contributed by atoms with Crippen LogP contribution in [0.15, 0.2) is 69.5 Å². The molecule has 4 atom stereocenters. The van der Waals surface area contributed by atoms with Crippen LogP contribution in [0.2, 0.25) is 0 Å². The van der Waals surface area contributed by atoms with Gasteiger partial charge in [-0.15, -0.1) is 23.4 Å². The molecular formula is C27H26ClF3N4O4S. The molecule has 0 saturated heterocycles. The Bertz CT molecular complexity index is 1490. The van der Waals surface area contributed by atoms with Crippen molar-refractivity contribution in [1.29, 1.82) is 0 Å². The smallest absolute Gasteiger partial charge is 0.404 e. The maximum Gasteiger partial charge on any atom is 0.412 e. The van der Waals surface area contributed by atoms with E-state index < -0.39 is 53.8 Å². The molecule has 3 aliphatic rings. The van der Waals surface area contributed by atoms with E-state index in [9.17, 15) is 27.6 Å². The number of carbonyl (C=O) groups excluding carboxylic acids is 2. The molecule has 1 N–H and O–H groups in total. The number of ether oxygens (including phenoxy) is 1. The lowest BCUT2D eigenvalue weighted by Gasteiger charge is -2.46. The van der Waals surface area contributed by atoms with Crippen LogP contribution in [0.3, 0.4) is 0 Å². The summed E-state index contributed by atoms with van der Waals surface area (Å²) in [5.41, 5.74) is 1.22. The first-order valence-electron chi connectivity index (χ1n) is 12.5. The maximum atomic E-state index is 14.0. The molecule has 13 heteroatoms. The number of alkyl halides is 4. The molecule has 2 unspecified atom stereocenters. The number of thioether (sulfide) groups is 1. The van der Waals surface area contributed by atoms with Crippen molar-refractivity contribution in [2.45, 2.75) is 42.4 Å². The van der Waals surface area contributed by atoms with Gasteiger partial charge in [0.25, 0.3) is 5.91 Å². The van der Waals surface area contributed by atoms with E-state index in [2.05, 4.69) is 5.32 Å². The predicted octanol–water partition coefficient (Wildman–Crippen LogP) is 4.83. The summed E-state index contributed by atoms with van der Waals surface area (Å²) >= 11 is 8.45. The quantitative estimate of drug-likeness (QED) is 0.513. The van der Waals surface area contributed by atoms with Crippen LogP contribution in [-0.2, 0) is 0 Å². The molecule has 3 heterocycles. The zero-order chi connectivity index (χ0) is 28.9. The average molecular weight is 595 g/mol. The van der Waals surface area contributed by atoms with Crippen molar-refractivity contribution in [2.24, 2.45) is 5.92 Å². The number of hydrogen-bond acceptors (Lipinski definition) is 6. The lowest BCUT2D eigenvalue weighted by atomic mass is 9.85. The van der Waals surface area contributed by atoms with Gasteiger partial charge >= 0.3 is 12.3 Å². The summed E-state index contributed by atoms with van der Waals surface area (Å²) in [6.07, 6.45) is -0.592. The Morgan fingerprint density at radius 1 is 1.23 bits per heavy atom. The van der Waals surface area contributed by atoms with E-state index in [-0.39, 0.29) is 11.3 Å². The van der Waals surface area contributed by atoms with E-state index in [1.54, 1.807) is 16.8 Å². The van der Waals surface area contributed by atoms with Crippen LogP contribution in [0.5, 0.6) is 5.75 Å². The number of carbonyl (C=O) groups is 2. The first-order valence-corrected chi connectivity index (χ1v) is 13.9. The standard InChI is InChI=1S/C27H26ClF3N4O4S/c1-14-8-9-16-18(21(14)28)12-40-20-7-5-4-6-17(20)22(16)35-13-33(15(2)27(29,30)31)25(37)23-24(39-26(38)32-3)19(36)10-11-34(23)35/h4-11,14-15,21-22H,12-13H2,1-3H3,(H,32,38)/t14?,15-,21?,22+/m1/s1. The molecule has 2 amide bonds. The lowest BCUT2D eigenvalue weighted by molar-refractivity contribution is -0.173. The number of fused-ring (bicyclic) bond motifs is 2. The lowest BCUT2D eigenvalue weighted by Crippen LogP contribution is -2.60. The molecule has 212 valence electrons. The average Bonchev–Trinajstić information content (AvgIpc) is 3.08. The number of nitrogens with zero attached hydrogens (tertiary/aromatic N) is 3. The molecule has 0 saturated carbocycles. The van der Waals surface area contributed by atoms with E-state index in [1.165, 1.54) is 17.9 Å². The monoisotopic (exact) mass is 594 g/mol. The van der Waals surface area contributed by atoms with Crippen molar-refractivity contribution in [3.05, 3.63) is 81.3 Å². The number of benzene rings is 1. The van der Waals surface area contributed by atoms with Crippen LogP contribution >= 0.6 is 23.4 Å². The molecule has 1 aromatic heterocycles. The Morgan fingerprint density at radius 3 is 2.65 bits per heavy atom. The zero-order valence-corrected chi connectivity index (χ0v) is 23.3. The summed E-state index contributed by atoms with van der Waals surface area (Å²) in [5.74, 6) is -1.15. The fourth-order valence-electron chi connectivity index (χ4n) is 5.11. The van der Waals surface area contributed by atoms with Crippen LogP contribution in [0.4, 0.5) is 18.0 Å². The summed E-state index contributed by atoms with van der Waals surface area (Å²) in [5, 5.41) is 3.44. The molecule has 0 bridgehead atoms. The highest BCUT2D eigenvalue weighted by Crippen LogP contribution is 2.46. The van der Waals surface area contributed by atoms with E-state index in [0.717, 1.165) is 34.6 Å². The van der Waals surface area contributed by atoms with Gasteiger partial charge in [-0.2, -0.15) is 13.2 Å². The second-order valence-electron chi connectivity index (χ2n) is 9.74. The number of hydrogen-bond donors (Lipinski definition) is 1. The number of rotatable bonds is 3. The van der Waals surface area contributed by atoms with Gasteiger partial charge < -0.3 is 15.0 Å². The van der Waals surface area contributed by atoms with E-state index in [4.69, 9.17) is 16.3 Å². The third-order valence-electron chi connectivity index (χ3n) is 7.35. The van der Waals surface area contributed by atoms with Gasteiger partial charge in [-0.1, -0.05) is 37.3 Å². The second kappa shape index (κ2) is 10.5. The number of amides is 2. The van der Waals surface area contributed by atoms with Gasteiger partial charge in [0, 0.05) is 30.0 Å². The molecule has 0 spiro atoms. The molecule has 2 aliphatic heterocycles. The molecule has 2 aromatic rings. The van der Waals surface area contributed by atoms with Gasteiger partial charge in [0.05, 0.1) is 11.4 Å². The highest BCUT2D eigenvalue weighted by molar-refractivity contribution is 7.99. The highest BCUT2D eigenvalue weighted by atomic mass is 35.5. The summed E-state index contributed by atoms with van der Waals surface area (Å²) < 4.78 is 48.6. The molecule has 5 rings (SSSR count). The third kappa shape index (κ3) is 4.77. The molecule has 40 heavy (non-hydrogen) atoms. The second-order valence-corrected chi connectivity index (χ2v) is 11.2. The highest BCUT2D eigenvalue weighted by Gasteiger charge is 2.48. The van der Waals surface area contributed by atoms with Crippen molar-refractivity contribution in [1.82, 2.24) is 14.9 Å². The van der Waals surface area contributed by atoms with Crippen LogP contribution in [-0.4, -0.2) is 58.6 Å². The Kier molecular flexibility index (Phi) is 7.43. The Hall–Kier alpha value is -3.38. The van der Waals surface area contributed by atoms with Gasteiger partial charge in [-0.05, 0) is 35.6 Å². The van der Waals surface area contributed by atoms with Crippen molar-refractivity contribution in [3.63, 3.8) is 0 Å². The maximum absolute atomic E-state index is 14.0. The van der Waals surface area contributed by atoms with E-state index in [0.29, 0.717) is 10.7 Å². The first kappa shape index (κ1) is 28.2. The topological polar surface area (TPSA) is 83.9 Å². The molecule has 1 aromatic carbocycles. The van der Waals surface area contributed by atoms with Gasteiger partial charge in [-0.3, -0.25) is 19.3 Å². The molecule has 8 nitrogen and oxygen atoms in total. The SMILES string of the molecule is CNC(=O)Oc1c2n(ccc1=O)N([C@H]1C3=C(CSc4ccccc41)C(Cl)C(C)C=C3)CN([C@H](C)C(F)(F)F)C2=O. The number of nitrogens with one attached hydrogen (secondary N) is 1. The van der Waals surface area contributed by atoms with Crippen molar-refractivity contribution in [2.75, 3.05) is 24.5 Å². The first-order chi connectivity index (χ1) is 18.9. The van der Waals surface area contributed by atoms with Crippen molar-refractivity contribution < 1.29 is 27.5 Å². The minimum atomic E-state index is -4.76. The Morgan fingerprint density at radius 2 is 1.95 bits per heavy atom. The van der Waals surface area contributed by atoms with Crippen LogP contribution in [0.1, 0.15) is 35.9 Å². The zero-order valence-electron chi connectivity index (χ0n) is 21.7. The van der Waals surface area contributed by atoms with Gasteiger partial charge in [0.1, 0.15) is 12.7 Å². The molecule has 0 radical (unpaired) electrons. The number of allylic oxidation sites excluding steroid dienone is 1. The largest absolute Gasteiger partial charge is 0.412 e. The summed E-state index contributed by atoms with van der Waals surface area (Å²) in [7, 11) is 1.26. The minimum Gasteiger partial charge on any atom is -0.404 e. The van der Waals surface area contributed by atoms with Crippen LogP contribution in [0, 0.1) is 5.92 Å². The molecule has 0 fully saturated rings. The van der Waals surface area contributed by atoms with Crippen molar-refractivity contribution >= 4 is 35.4 Å². The molecular weight excluding hydrogens is 569 g/mol. The summed E-state index contributed by atoms with van der Waals surface area (Å²) in [6, 6.07) is 5.75. The minimum absolute atomic E-state index is 0.0306. The van der Waals surface area contributed by atoms with E-state index >= 15 is 0 Å². The number of pyridine rings is 1. The number of aromatic nitrogens is 1.